The maximum atomic E-state index is 10.4. The van der Waals surface area contributed by atoms with Crippen LogP contribution in [0.25, 0.3) is 0 Å². The summed E-state index contributed by atoms with van der Waals surface area (Å²) in [6.07, 6.45) is -0.806. The molecule has 56 valence electrons. The molecule has 1 unspecified atom stereocenters. The number of hydrogen-bond acceptors (Lipinski definition) is 2. The molecular weight excluding hydrogens is 132 g/mol. The van der Waals surface area contributed by atoms with E-state index < -0.39 is 6.09 Å². The molecule has 0 spiro atoms. The predicted octanol–water partition coefficient (Wildman–Crippen LogP) is -0.447. The van der Waals surface area contributed by atoms with Gasteiger partial charge in [0.1, 0.15) is 0 Å². The smallest absolute Gasteiger partial charge is 0.407 e. The third-order valence-corrected chi connectivity index (χ3v) is 2.53. The lowest BCUT2D eigenvalue weighted by molar-refractivity contribution is 0.150. The van der Waals surface area contributed by atoms with Gasteiger partial charge in [-0.3, -0.25) is 0 Å². The van der Waals surface area contributed by atoms with Crippen molar-refractivity contribution in [2.24, 2.45) is 17.6 Å². The van der Waals surface area contributed by atoms with E-state index in [-0.39, 0.29) is 6.04 Å². The molecule has 1 saturated carbocycles. The van der Waals surface area contributed by atoms with Gasteiger partial charge in [0.2, 0.25) is 0 Å². The lowest BCUT2D eigenvalue weighted by Gasteiger charge is -2.13. The summed E-state index contributed by atoms with van der Waals surface area (Å²) >= 11 is 0. The monoisotopic (exact) mass is 142 g/mol. The topological polar surface area (TPSA) is 66.6 Å². The molecular formula is C6H10N2O2. The van der Waals surface area contributed by atoms with Crippen LogP contribution in [0.2, 0.25) is 0 Å². The Morgan fingerprint density at radius 3 is 2.40 bits per heavy atom. The van der Waals surface area contributed by atoms with Crippen molar-refractivity contribution in [2.75, 3.05) is 13.1 Å². The molecule has 1 saturated heterocycles. The number of carbonyl (C=O) groups is 1. The van der Waals surface area contributed by atoms with Gasteiger partial charge in [0.25, 0.3) is 0 Å². The fourth-order valence-corrected chi connectivity index (χ4v) is 1.73. The van der Waals surface area contributed by atoms with E-state index in [1.54, 1.807) is 0 Å². The van der Waals surface area contributed by atoms with Crippen LogP contribution in [0.5, 0.6) is 0 Å². The third kappa shape index (κ3) is 0.623. The highest BCUT2D eigenvalue weighted by Gasteiger charge is 2.54. The summed E-state index contributed by atoms with van der Waals surface area (Å²) in [4.78, 5) is 11.8. The van der Waals surface area contributed by atoms with Crippen LogP contribution in [-0.4, -0.2) is 35.2 Å². The Kier molecular flexibility index (Phi) is 0.976. The minimum Gasteiger partial charge on any atom is -0.465 e. The second-order valence-electron chi connectivity index (χ2n) is 3.09. The van der Waals surface area contributed by atoms with Crippen molar-refractivity contribution >= 4 is 6.09 Å². The first-order chi connectivity index (χ1) is 4.70. The van der Waals surface area contributed by atoms with Crippen LogP contribution >= 0.6 is 0 Å². The van der Waals surface area contributed by atoms with Gasteiger partial charge in [0.05, 0.1) is 0 Å². The van der Waals surface area contributed by atoms with E-state index in [0.717, 1.165) is 0 Å². The Morgan fingerprint density at radius 1 is 1.50 bits per heavy atom. The second kappa shape index (κ2) is 1.63. The van der Waals surface area contributed by atoms with Crippen molar-refractivity contribution in [1.29, 1.82) is 0 Å². The number of rotatable bonds is 0. The molecule has 2 fully saturated rings. The van der Waals surface area contributed by atoms with Crippen LogP contribution in [-0.2, 0) is 0 Å². The summed E-state index contributed by atoms with van der Waals surface area (Å²) < 4.78 is 0. The molecule has 3 atom stereocenters. The first-order valence-corrected chi connectivity index (χ1v) is 3.43. The zero-order chi connectivity index (χ0) is 7.30. The van der Waals surface area contributed by atoms with Crippen LogP contribution in [0, 0.1) is 11.8 Å². The number of nitrogens with two attached hydrogens (primary N) is 1. The van der Waals surface area contributed by atoms with Gasteiger partial charge in [-0.1, -0.05) is 0 Å². The minimum absolute atomic E-state index is 0.288. The summed E-state index contributed by atoms with van der Waals surface area (Å²) in [5, 5.41) is 8.52. The molecule has 0 aromatic heterocycles. The predicted molar refractivity (Wildman–Crippen MR) is 34.6 cm³/mol. The molecule has 0 aromatic rings. The Bertz CT molecular complexity index is 171. The number of hydrogen-bond donors (Lipinski definition) is 2. The van der Waals surface area contributed by atoms with E-state index in [1.165, 1.54) is 4.90 Å². The number of piperidine rings is 1. The molecule has 4 nitrogen and oxygen atoms in total. The molecule has 1 amide bonds. The number of carboxylic acid groups (broad SMARTS) is 1. The second-order valence-corrected chi connectivity index (χ2v) is 3.09. The van der Waals surface area contributed by atoms with E-state index in [4.69, 9.17) is 10.8 Å². The van der Waals surface area contributed by atoms with Crippen molar-refractivity contribution in [3.63, 3.8) is 0 Å². The van der Waals surface area contributed by atoms with Gasteiger partial charge < -0.3 is 15.7 Å². The first kappa shape index (κ1) is 5.97. The highest BCUT2D eigenvalue weighted by Crippen LogP contribution is 2.43. The van der Waals surface area contributed by atoms with Crippen molar-refractivity contribution in [3.05, 3.63) is 0 Å². The minimum atomic E-state index is -0.806. The van der Waals surface area contributed by atoms with Crippen LogP contribution in [0.15, 0.2) is 0 Å². The molecule has 2 aliphatic rings. The maximum Gasteiger partial charge on any atom is 0.407 e. The number of likely N-dealkylation sites (tertiary alicyclic amines) is 1. The van der Waals surface area contributed by atoms with Gasteiger partial charge in [-0.15, -0.1) is 0 Å². The molecule has 1 aliphatic heterocycles. The maximum absolute atomic E-state index is 10.4. The van der Waals surface area contributed by atoms with Crippen molar-refractivity contribution < 1.29 is 9.90 Å². The largest absolute Gasteiger partial charge is 0.465 e. The molecule has 10 heavy (non-hydrogen) atoms. The van der Waals surface area contributed by atoms with Gasteiger partial charge >= 0.3 is 6.09 Å². The highest BCUT2D eigenvalue weighted by molar-refractivity contribution is 5.65. The van der Waals surface area contributed by atoms with Gasteiger partial charge in [-0.2, -0.15) is 0 Å². The van der Waals surface area contributed by atoms with Gasteiger partial charge in [-0.05, 0) is 11.8 Å². The molecule has 1 aliphatic carbocycles. The van der Waals surface area contributed by atoms with Crippen molar-refractivity contribution in [2.45, 2.75) is 6.04 Å². The van der Waals surface area contributed by atoms with E-state index in [0.29, 0.717) is 24.9 Å². The van der Waals surface area contributed by atoms with Crippen LogP contribution in [0.4, 0.5) is 4.79 Å². The zero-order valence-electron chi connectivity index (χ0n) is 5.53. The Labute approximate surface area is 58.6 Å². The lowest BCUT2D eigenvalue weighted by atomic mass is 10.4. The number of amides is 1. The fourth-order valence-electron chi connectivity index (χ4n) is 1.73. The summed E-state index contributed by atoms with van der Waals surface area (Å²) in [5.41, 5.74) is 5.61. The average Bonchev–Trinajstić information content (AvgIpc) is 2.38. The Hall–Kier alpha value is -0.770. The van der Waals surface area contributed by atoms with Crippen LogP contribution in [0.1, 0.15) is 0 Å². The van der Waals surface area contributed by atoms with E-state index in [9.17, 15) is 4.79 Å². The summed E-state index contributed by atoms with van der Waals surface area (Å²) in [5.74, 6) is 0.937. The molecule has 1 heterocycles. The molecule has 0 bridgehead atoms. The quantitative estimate of drug-likeness (QED) is 0.481. The molecule has 4 heteroatoms. The molecule has 0 aromatic carbocycles. The summed E-state index contributed by atoms with van der Waals surface area (Å²) in [6.45, 7) is 1.31. The number of fused-ring (bicyclic) bond motifs is 1. The summed E-state index contributed by atoms with van der Waals surface area (Å²) in [6, 6.07) is 0.288. The molecule has 3 N–H and O–H groups in total. The normalized spacial score (nSPS) is 43.3. The first-order valence-electron chi connectivity index (χ1n) is 3.43. The van der Waals surface area contributed by atoms with Gasteiger partial charge in [0.15, 0.2) is 0 Å². The average molecular weight is 142 g/mol. The highest BCUT2D eigenvalue weighted by atomic mass is 16.4. The van der Waals surface area contributed by atoms with E-state index >= 15 is 0 Å². The van der Waals surface area contributed by atoms with Gasteiger partial charge in [0, 0.05) is 19.1 Å². The van der Waals surface area contributed by atoms with Gasteiger partial charge in [-0.25, -0.2) is 4.79 Å². The zero-order valence-corrected chi connectivity index (χ0v) is 5.53. The van der Waals surface area contributed by atoms with Crippen LogP contribution in [0.3, 0.4) is 0 Å². The van der Waals surface area contributed by atoms with Crippen LogP contribution < -0.4 is 5.73 Å². The standard InChI is InChI=1S/C6H10N2O2/c7-5-3-1-8(6(9)10)2-4(3)5/h3-5H,1-2,7H2,(H,9,10)/t3-,4?,5-/m1/s1. The number of nitrogens with zero attached hydrogens (tertiary/aromatic N) is 1. The third-order valence-electron chi connectivity index (χ3n) is 2.53. The van der Waals surface area contributed by atoms with Crippen molar-refractivity contribution in [3.8, 4) is 0 Å². The SMILES string of the molecule is N[C@H]1C2CN(C(=O)O)C[C@H]21. The Morgan fingerprint density at radius 2 is 2.00 bits per heavy atom. The fraction of sp³-hybridized carbons (Fsp3) is 0.833. The van der Waals surface area contributed by atoms with E-state index in [2.05, 4.69) is 0 Å². The Balaban J connectivity index is 1.95. The molecule has 0 radical (unpaired) electrons. The van der Waals surface area contributed by atoms with E-state index in [1.807, 2.05) is 0 Å². The molecule has 2 rings (SSSR count). The summed E-state index contributed by atoms with van der Waals surface area (Å²) in [7, 11) is 0. The van der Waals surface area contributed by atoms with Crippen molar-refractivity contribution in [1.82, 2.24) is 4.90 Å². The lowest BCUT2D eigenvalue weighted by Crippen LogP contribution is -2.32.